The number of amides is 1. The number of hydrogen-bond donors (Lipinski definition) is 0. The normalized spacial score (nSPS) is 19.6. The van der Waals surface area contributed by atoms with E-state index in [-0.39, 0.29) is 18.1 Å². The van der Waals surface area contributed by atoms with E-state index in [2.05, 4.69) is 23.7 Å². The minimum absolute atomic E-state index is 0.213. The number of thiazole rings is 1. The quantitative estimate of drug-likeness (QED) is 0.473. The molecule has 1 aromatic heterocycles. The maximum absolute atomic E-state index is 12.8. The Morgan fingerprint density at radius 3 is 2.50 bits per heavy atom. The Balaban J connectivity index is 1.30. The van der Waals surface area contributed by atoms with Crippen molar-refractivity contribution in [1.82, 2.24) is 14.8 Å². The topological polar surface area (TPSA) is 72.0 Å². The highest BCUT2D eigenvalue weighted by Gasteiger charge is 2.24. The van der Waals surface area contributed by atoms with Crippen LogP contribution >= 0.6 is 11.3 Å². The first-order valence-electron chi connectivity index (χ1n) is 11.6. The first-order valence-corrected chi connectivity index (χ1v) is 12.4. The molecule has 0 spiro atoms. The number of hydrogen-bond acceptors (Lipinski definition) is 7. The number of para-hydroxylation sites is 1. The molecular formula is C26H31N3O4S. The Morgan fingerprint density at radius 2 is 1.82 bits per heavy atom. The molecule has 1 aliphatic rings. The van der Waals surface area contributed by atoms with E-state index >= 15 is 0 Å². The molecule has 0 radical (unpaired) electrons. The smallest absolute Gasteiger partial charge is 0.338 e. The molecule has 180 valence electrons. The van der Waals surface area contributed by atoms with Crippen LogP contribution < -0.4 is 0 Å². The lowest BCUT2D eigenvalue weighted by molar-refractivity contribution is -0.139. The van der Waals surface area contributed by atoms with Crippen LogP contribution in [0.5, 0.6) is 0 Å². The Hall–Kier alpha value is -2.81. The van der Waals surface area contributed by atoms with Crippen molar-refractivity contribution in [2.45, 2.75) is 52.2 Å². The van der Waals surface area contributed by atoms with Crippen molar-refractivity contribution < 1.29 is 19.1 Å². The van der Waals surface area contributed by atoms with E-state index in [1.165, 1.54) is 0 Å². The number of morpholine rings is 1. The Bertz CT molecular complexity index is 1100. The fraction of sp³-hybridized carbons (Fsp3) is 0.423. The molecule has 1 aliphatic heterocycles. The van der Waals surface area contributed by atoms with Gasteiger partial charge in [-0.25, -0.2) is 9.78 Å². The van der Waals surface area contributed by atoms with Crippen LogP contribution in [0, 0.1) is 0 Å². The molecule has 2 heterocycles. The van der Waals surface area contributed by atoms with Gasteiger partial charge in [0.25, 0.3) is 5.91 Å². The minimum Gasteiger partial charge on any atom is -0.449 e. The molecule has 34 heavy (non-hydrogen) atoms. The van der Waals surface area contributed by atoms with E-state index in [1.54, 1.807) is 42.3 Å². The highest BCUT2D eigenvalue weighted by atomic mass is 32.1. The van der Waals surface area contributed by atoms with Crippen molar-refractivity contribution in [3.8, 4) is 0 Å². The van der Waals surface area contributed by atoms with Crippen molar-refractivity contribution in [2.24, 2.45) is 0 Å². The zero-order valence-corrected chi connectivity index (χ0v) is 20.9. The number of fused-ring (bicyclic) bond motifs is 1. The van der Waals surface area contributed by atoms with Crippen LogP contribution in [0.3, 0.4) is 0 Å². The summed E-state index contributed by atoms with van der Waals surface area (Å²) in [5, 5.41) is 0.843. The lowest BCUT2D eigenvalue weighted by atomic mass is 10.1. The van der Waals surface area contributed by atoms with Gasteiger partial charge in [-0.05, 0) is 50.6 Å². The van der Waals surface area contributed by atoms with Crippen LogP contribution in [0.2, 0.25) is 0 Å². The number of nitrogens with zero attached hydrogens (tertiary/aromatic N) is 3. The summed E-state index contributed by atoms with van der Waals surface area (Å²) in [4.78, 5) is 33.9. The minimum atomic E-state index is -0.886. The maximum atomic E-state index is 12.8. The number of esters is 1. The Labute approximate surface area is 204 Å². The summed E-state index contributed by atoms with van der Waals surface area (Å²) >= 11 is 1.56. The molecule has 0 aliphatic carbocycles. The fourth-order valence-electron chi connectivity index (χ4n) is 4.28. The van der Waals surface area contributed by atoms with E-state index in [0.29, 0.717) is 12.1 Å². The second kappa shape index (κ2) is 10.6. The van der Waals surface area contributed by atoms with Crippen molar-refractivity contribution in [1.29, 1.82) is 0 Å². The number of carbonyl (C=O) groups is 2. The van der Waals surface area contributed by atoms with Crippen LogP contribution in [0.4, 0.5) is 0 Å². The zero-order valence-electron chi connectivity index (χ0n) is 20.1. The standard InChI is InChI=1S/C26H31N3O4S/c1-17-13-29(14-18(2)32-17)15-20-9-11-21(12-10-20)26(31)33-19(3)25(30)28(4)16-24-27-22-7-5-6-8-23(22)34-24/h5-12,17-19H,13-16H2,1-4H3. The molecular weight excluding hydrogens is 450 g/mol. The molecule has 7 nitrogen and oxygen atoms in total. The third kappa shape index (κ3) is 6.00. The summed E-state index contributed by atoms with van der Waals surface area (Å²) in [6.07, 6.45) is -0.461. The summed E-state index contributed by atoms with van der Waals surface area (Å²) < 4.78 is 12.3. The molecule has 1 saturated heterocycles. The van der Waals surface area contributed by atoms with Crippen molar-refractivity contribution in [3.63, 3.8) is 0 Å². The molecule has 0 N–H and O–H groups in total. The van der Waals surface area contributed by atoms with Crippen molar-refractivity contribution in [2.75, 3.05) is 20.1 Å². The monoisotopic (exact) mass is 481 g/mol. The van der Waals surface area contributed by atoms with Gasteiger partial charge in [0.1, 0.15) is 5.01 Å². The van der Waals surface area contributed by atoms with Gasteiger partial charge in [-0.15, -0.1) is 11.3 Å². The van der Waals surface area contributed by atoms with Gasteiger partial charge in [0.05, 0.1) is 34.5 Å². The molecule has 3 aromatic rings. The van der Waals surface area contributed by atoms with Gasteiger partial charge in [0.2, 0.25) is 0 Å². The molecule has 0 saturated carbocycles. The van der Waals surface area contributed by atoms with E-state index in [4.69, 9.17) is 9.47 Å². The first-order chi connectivity index (χ1) is 16.3. The third-order valence-electron chi connectivity index (χ3n) is 5.81. The Kier molecular flexibility index (Phi) is 7.60. The fourth-order valence-corrected chi connectivity index (χ4v) is 5.30. The maximum Gasteiger partial charge on any atom is 0.338 e. The predicted molar refractivity (Wildman–Crippen MR) is 133 cm³/mol. The molecule has 8 heteroatoms. The summed E-state index contributed by atoms with van der Waals surface area (Å²) in [6, 6.07) is 15.3. The highest BCUT2D eigenvalue weighted by Crippen LogP contribution is 2.22. The predicted octanol–water partition coefficient (Wildman–Crippen LogP) is 4.11. The van der Waals surface area contributed by atoms with Gasteiger partial charge in [-0.3, -0.25) is 9.69 Å². The average molecular weight is 482 g/mol. The van der Waals surface area contributed by atoms with Crippen LogP contribution in [-0.2, 0) is 27.4 Å². The average Bonchev–Trinajstić information content (AvgIpc) is 3.20. The molecule has 3 unspecified atom stereocenters. The number of aromatic nitrogens is 1. The zero-order chi connectivity index (χ0) is 24.2. The van der Waals surface area contributed by atoms with Gasteiger partial charge < -0.3 is 14.4 Å². The molecule has 4 rings (SSSR count). The van der Waals surface area contributed by atoms with Crippen molar-refractivity contribution >= 4 is 33.4 Å². The second-order valence-corrected chi connectivity index (χ2v) is 10.1. The lowest BCUT2D eigenvalue weighted by Gasteiger charge is -2.35. The van der Waals surface area contributed by atoms with E-state index in [0.717, 1.165) is 40.4 Å². The molecule has 3 atom stereocenters. The van der Waals surface area contributed by atoms with E-state index in [9.17, 15) is 9.59 Å². The van der Waals surface area contributed by atoms with Crippen LogP contribution in [0.25, 0.3) is 10.2 Å². The summed E-state index contributed by atoms with van der Waals surface area (Å²) in [5.74, 6) is -0.769. The summed E-state index contributed by atoms with van der Waals surface area (Å²) in [5.41, 5.74) is 2.47. The number of likely N-dealkylation sites (N-methyl/N-ethyl adjacent to an activating group) is 1. The number of benzene rings is 2. The van der Waals surface area contributed by atoms with Crippen LogP contribution in [0.1, 0.15) is 41.7 Å². The van der Waals surface area contributed by atoms with Gasteiger partial charge in [-0.2, -0.15) is 0 Å². The number of carbonyl (C=O) groups excluding carboxylic acids is 2. The highest BCUT2D eigenvalue weighted by molar-refractivity contribution is 7.18. The van der Waals surface area contributed by atoms with Crippen molar-refractivity contribution in [3.05, 3.63) is 64.7 Å². The van der Waals surface area contributed by atoms with E-state index < -0.39 is 12.1 Å². The SMILES string of the molecule is CC1CN(Cc2ccc(C(=O)OC(C)C(=O)N(C)Cc3nc4ccccc4s3)cc2)CC(C)O1. The Morgan fingerprint density at radius 1 is 1.15 bits per heavy atom. The third-order valence-corrected chi connectivity index (χ3v) is 6.83. The van der Waals surface area contributed by atoms with Gasteiger partial charge in [-0.1, -0.05) is 24.3 Å². The molecule has 1 fully saturated rings. The van der Waals surface area contributed by atoms with Gasteiger partial charge in [0, 0.05) is 26.7 Å². The second-order valence-electron chi connectivity index (χ2n) is 8.97. The largest absolute Gasteiger partial charge is 0.449 e. The molecule has 2 aromatic carbocycles. The number of ether oxygens (including phenoxy) is 2. The van der Waals surface area contributed by atoms with Crippen LogP contribution in [-0.4, -0.2) is 65.1 Å². The first kappa shape index (κ1) is 24.3. The van der Waals surface area contributed by atoms with Crippen LogP contribution in [0.15, 0.2) is 48.5 Å². The molecule has 0 bridgehead atoms. The van der Waals surface area contributed by atoms with E-state index in [1.807, 2.05) is 36.4 Å². The van der Waals surface area contributed by atoms with Gasteiger partial charge >= 0.3 is 5.97 Å². The number of rotatable bonds is 7. The molecule has 1 amide bonds. The lowest BCUT2D eigenvalue weighted by Crippen LogP contribution is -2.44. The van der Waals surface area contributed by atoms with Gasteiger partial charge in [0.15, 0.2) is 6.10 Å². The summed E-state index contributed by atoms with van der Waals surface area (Å²) in [6.45, 7) is 8.72. The summed E-state index contributed by atoms with van der Waals surface area (Å²) in [7, 11) is 1.70.